The van der Waals surface area contributed by atoms with Crippen molar-refractivity contribution in [1.82, 2.24) is 15.0 Å². The highest BCUT2D eigenvalue weighted by Gasteiger charge is 2.47. The van der Waals surface area contributed by atoms with Crippen molar-refractivity contribution in [3.05, 3.63) is 48.2 Å². The number of H-pyrrole nitrogens is 1. The molecule has 152 valence electrons. The number of carbonyl (C=O) groups is 2. The number of amides is 2. The molecule has 1 fully saturated rings. The molecule has 1 aromatic carbocycles. The van der Waals surface area contributed by atoms with Gasteiger partial charge >= 0.3 is 0 Å². The lowest BCUT2D eigenvalue weighted by atomic mass is 9.88. The number of anilines is 1. The normalized spacial score (nSPS) is 24.4. The number of nitrogens with two attached hydrogens (primary N) is 2. The maximum atomic E-state index is 12.0. The summed E-state index contributed by atoms with van der Waals surface area (Å²) in [5.41, 5.74) is 13.5. The number of aromatic hydroxyl groups is 1. The van der Waals surface area contributed by atoms with Crippen molar-refractivity contribution >= 4 is 28.7 Å². The summed E-state index contributed by atoms with van der Waals surface area (Å²) in [6, 6.07) is 6.49. The van der Waals surface area contributed by atoms with Gasteiger partial charge < -0.3 is 26.9 Å². The average molecular weight is 404 g/mol. The molecule has 2 amide bonds. The molecule has 0 aliphatic heterocycles. The molecular weight excluding hydrogens is 384 g/mol. The molecule has 9 heteroatoms. The van der Waals surface area contributed by atoms with Gasteiger partial charge in [-0.05, 0) is 30.4 Å². The first kappa shape index (κ1) is 18.2. The summed E-state index contributed by atoms with van der Waals surface area (Å²) in [6.07, 6.45) is 6.33. The van der Waals surface area contributed by atoms with Crippen LogP contribution in [0.1, 0.15) is 16.8 Å². The molecule has 30 heavy (non-hydrogen) atoms. The fraction of sp³-hybridized carbons (Fsp3) is 0.238. The lowest BCUT2D eigenvalue weighted by Crippen LogP contribution is -2.41. The Balaban J connectivity index is 1.53. The van der Waals surface area contributed by atoms with E-state index in [1.807, 2.05) is 6.08 Å². The van der Waals surface area contributed by atoms with E-state index in [9.17, 15) is 14.7 Å². The second kappa shape index (κ2) is 6.58. The molecular formula is C21H20N6O3. The van der Waals surface area contributed by atoms with Crippen molar-refractivity contribution in [2.24, 2.45) is 29.2 Å². The number of carbonyl (C=O) groups excluding carboxylic acids is 2. The van der Waals surface area contributed by atoms with Gasteiger partial charge in [0.2, 0.25) is 11.8 Å². The van der Waals surface area contributed by atoms with Crippen LogP contribution in [0, 0.1) is 17.8 Å². The Morgan fingerprint density at radius 1 is 1.13 bits per heavy atom. The van der Waals surface area contributed by atoms with E-state index in [1.54, 1.807) is 24.3 Å². The van der Waals surface area contributed by atoms with Gasteiger partial charge in [0, 0.05) is 17.2 Å². The lowest BCUT2D eigenvalue weighted by molar-refractivity contribution is -0.122. The third kappa shape index (κ3) is 2.78. The number of hydrogen-bond donors (Lipinski definition) is 5. The van der Waals surface area contributed by atoms with Gasteiger partial charge in [-0.25, -0.2) is 9.97 Å². The summed E-state index contributed by atoms with van der Waals surface area (Å²) >= 11 is 0. The zero-order chi connectivity index (χ0) is 21.0. The van der Waals surface area contributed by atoms with Crippen molar-refractivity contribution in [2.45, 2.75) is 12.5 Å². The van der Waals surface area contributed by atoms with Crippen LogP contribution in [0.5, 0.6) is 5.75 Å². The largest absolute Gasteiger partial charge is 0.504 e. The predicted molar refractivity (Wildman–Crippen MR) is 110 cm³/mol. The Morgan fingerprint density at radius 3 is 2.57 bits per heavy atom. The highest BCUT2D eigenvalue weighted by Crippen LogP contribution is 2.46. The van der Waals surface area contributed by atoms with E-state index in [0.29, 0.717) is 28.2 Å². The van der Waals surface area contributed by atoms with Crippen molar-refractivity contribution in [3.8, 4) is 17.1 Å². The van der Waals surface area contributed by atoms with E-state index < -0.39 is 5.91 Å². The van der Waals surface area contributed by atoms with Gasteiger partial charge in [0.05, 0.1) is 12.1 Å². The van der Waals surface area contributed by atoms with Gasteiger partial charge in [-0.2, -0.15) is 0 Å². The highest BCUT2D eigenvalue weighted by atomic mass is 16.3. The van der Waals surface area contributed by atoms with E-state index in [-0.39, 0.29) is 35.5 Å². The van der Waals surface area contributed by atoms with Crippen LogP contribution >= 0.6 is 0 Å². The molecule has 4 atom stereocenters. The maximum absolute atomic E-state index is 12.0. The van der Waals surface area contributed by atoms with Crippen LogP contribution in [0.2, 0.25) is 0 Å². The van der Waals surface area contributed by atoms with Crippen LogP contribution in [0.15, 0.2) is 42.6 Å². The molecule has 0 radical (unpaired) electrons. The molecule has 9 nitrogen and oxygen atoms in total. The summed E-state index contributed by atoms with van der Waals surface area (Å²) in [4.78, 5) is 35.2. The molecule has 0 spiro atoms. The monoisotopic (exact) mass is 404 g/mol. The SMILES string of the molecule is NC(=O)c1ccc(-c2nc3ncc(O)c(NC4C5C=CC(C5)C4C(N)=O)c3[nH]2)cc1. The number of aromatic amines is 1. The van der Waals surface area contributed by atoms with Gasteiger partial charge in [-0.1, -0.05) is 24.3 Å². The summed E-state index contributed by atoms with van der Waals surface area (Å²) in [7, 11) is 0. The number of allylic oxidation sites excluding steroid dienone is 1. The molecule has 4 unspecified atom stereocenters. The summed E-state index contributed by atoms with van der Waals surface area (Å²) in [6.45, 7) is 0. The number of rotatable bonds is 5. The topological polar surface area (TPSA) is 160 Å². The molecule has 7 N–H and O–H groups in total. The average Bonchev–Trinajstić information content (AvgIpc) is 3.44. The van der Waals surface area contributed by atoms with Crippen molar-refractivity contribution in [3.63, 3.8) is 0 Å². The number of pyridine rings is 1. The van der Waals surface area contributed by atoms with Crippen LogP contribution in [0.3, 0.4) is 0 Å². The number of primary amides is 2. The summed E-state index contributed by atoms with van der Waals surface area (Å²) < 4.78 is 0. The molecule has 2 bridgehead atoms. The van der Waals surface area contributed by atoms with Crippen LogP contribution in [0.25, 0.3) is 22.6 Å². The Labute approximate surface area is 171 Å². The molecule has 0 saturated heterocycles. The first-order valence-corrected chi connectivity index (χ1v) is 9.64. The molecule has 5 rings (SSSR count). The summed E-state index contributed by atoms with van der Waals surface area (Å²) in [5.74, 6) is -0.434. The molecule has 3 aromatic rings. The predicted octanol–water partition coefficient (Wildman–Crippen LogP) is 1.52. The Kier molecular flexibility index (Phi) is 3.99. The van der Waals surface area contributed by atoms with Gasteiger partial charge in [0.15, 0.2) is 11.4 Å². The van der Waals surface area contributed by atoms with Crippen molar-refractivity contribution < 1.29 is 14.7 Å². The lowest BCUT2D eigenvalue weighted by Gasteiger charge is -2.27. The third-order valence-electron chi connectivity index (χ3n) is 6.04. The molecule has 1 saturated carbocycles. The van der Waals surface area contributed by atoms with E-state index in [1.165, 1.54) is 6.20 Å². The van der Waals surface area contributed by atoms with E-state index >= 15 is 0 Å². The Bertz CT molecular complexity index is 1200. The quantitative estimate of drug-likeness (QED) is 0.405. The minimum Gasteiger partial charge on any atom is -0.504 e. The Hall–Kier alpha value is -3.88. The van der Waals surface area contributed by atoms with E-state index in [2.05, 4.69) is 26.3 Å². The maximum Gasteiger partial charge on any atom is 0.248 e. The van der Waals surface area contributed by atoms with Crippen LogP contribution in [-0.2, 0) is 4.79 Å². The van der Waals surface area contributed by atoms with Crippen molar-refractivity contribution in [1.29, 1.82) is 0 Å². The molecule has 2 aliphatic rings. The molecule has 2 heterocycles. The number of nitrogens with one attached hydrogen (secondary N) is 2. The smallest absolute Gasteiger partial charge is 0.248 e. The Morgan fingerprint density at radius 2 is 1.87 bits per heavy atom. The van der Waals surface area contributed by atoms with Gasteiger partial charge in [0.25, 0.3) is 0 Å². The zero-order valence-electron chi connectivity index (χ0n) is 15.9. The molecule has 2 aromatic heterocycles. The second-order valence-corrected chi connectivity index (χ2v) is 7.79. The fourth-order valence-corrected chi connectivity index (χ4v) is 4.60. The van der Waals surface area contributed by atoms with Crippen molar-refractivity contribution in [2.75, 3.05) is 5.32 Å². The van der Waals surface area contributed by atoms with Gasteiger partial charge in [-0.3, -0.25) is 9.59 Å². The first-order valence-electron chi connectivity index (χ1n) is 9.64. The summed E-state index contributed by atoms with van der Waals surface area (Å²) in [5, 5.41) is 13.8. The molecule has 2 aliphatic carbocycles. The van der Waals surface area contributed by atoms with E-state index in [4.69, 9.17) is 11.5 Å². The van der Waals surface area contributed by atoms with Crippen LogP contribution < -0.4 is 16.8 Å². The number of imidazole rings is 1. The fourth-order valence-electron chi connectivity index (χ4n) is 4.60. The number of benzene rings is 1. The van der Waals surface area contributed by atoms with Gasteiger partial charge in [-0.15, -0.1) is 0 Å². The van der Waals surface area contributed by atoms with Crippen LogP contribution in [0.4, 0.5) is 5.69 Å². The number of hydrogen-bond acceptors (Lipinski definition) is 6. The number of nitrogens with zero attached hydrogens (tertiary/aromatic N) is 2. The first-order chi connectivity index (χ1) is 14.4. The number of aromatic nitrogens is 3. The zero-order valence-corrected chi connectivity index (χ0v) is 15.9. The standard InChI is InChI=1S/C21H20N6O3/c22-18(29)9-1-3-10(4-2-9)20-26-17-16(13(28)8-24-21(17)27-20)25-15-12-6-5-11(7-12)14(15)19(23)30/h1-6,8,11-12,14-15,28H,7H2,(H2,22,29)(H2,23,30)(H2,24,25,26,27). The third-order valence-corrected chi connectivity index (χ3v) is 6.04. The minimum absolute atomic E-state index is 0.0447. The van der Waals surface area contributed by atoms with E-state index in [0.717, 1.165) is 12.0 Å². The highest BCUT2D eigenvalue weighted by molar-refractivity contribution is 5.94. The van der Waals surface area contributed by atoms with Crippen LogP contribution in [-0.4, -0.2) is 37.9 Å². The second-order valence-electron chi connectivity index (χ2n) is 7.79. The minimum atomic E-state index is -0.506. The van der Waals surface area contributed by atoms with Gasteiger partial charge in [0.1, 0.15) is 17.0 Å². The number of fused-ring (bicyclic) bond motifs is 3.